The highest BCUT2D eigenvalue weighted by atomic mass is 32.2. The monoisotopic (exact) mass is 751 g/mol. The lowest BCUT2D eigenvalue weighted by molar-refractivity contribution is 0.251. The highest BCUT2D eigenvalue weighted by Crippen LogP contribution is 2.29. The molecule has 6 rings (SSSR count). The molecule has 16 nitrogen and oxygen atoms in total. The first kappa shape index (κ1) is 39.2. The molecule has 4 heterocycles. The van der Waals surface area contributed by atoms with Crippen molar-refractivity contribution >= 4 is 32.2 Å². The smallest absolute Gasteiger partial charge is 0.264 e. The van der Waals surface area contributed by atoms with Crippen molar-refractivity contribution in [1.82, 2.24) is 44.9 Å². The van der Waals surface area contributed by atoms with Gasteiger partial charge in [-0.25, -0.2) is 19.3 Å². The summed E-state index contributed by atoms with van der Waals surface area (Å²) in [5.41, 5.74) is 8.09. The molecule has 2 aromatic carbocycles. The maximum absolute atomic E-state index is 10.9. The minimum absolute atomic E-state index is 0.0789. The van der Waals surface area contributed by atoms with Crippen molar-refractivity contribution in [2.45, 2.75) is 26.7 Å². The number of pyridine rings is 2. The number of hydrogen-bond acceptors (Lipinski definition) is 14. The predicted octanol–water partition coefficient (Wildman–Crippen LogP) is 4.50. The van der Waals surface area contributed by atoms with Crippen molar-refractivity contribution < 1.29 is 22.1 Å². The minimum atomic E-state index is -3.43. The number of benzene rings is 2. The van der Waals surface area contributed by atoms with E-state index < -0.39 is 10.1 Å². The summed E-state index contributed by atoms with van der Waals surface area (Å²) >= 11 is 0. The van der Waals surface area contributed by atoms with Crippen LogP contribution in [0.4, 0.5) is 0 Å². The van der Waals surface area contributed by atoms with Crippen LogP contribution in [-0.2, 0) is 28.4 Å². The Labute approximate surface area is 313 Å². The molecule has 17 heteroatoms. The van der Waals surface area contributed by atoms with E-state index in [1.807, 2.05) is 62.4 Å². The second-order valence-electron chi connectivity index (χ2n) is 12.8. The number of nitrogens with zero attached hydrogens (tertiary/aromatic N) is 11. The summed E-state index contributed by atoms with van der Waals surface area (Å²) in [6.45, 7) is 6.01. The topological polar surface area (TPSA) is 200 Å². The average molecular weight is 752 g/mol. The highest BCUT2D eigenvalue weighted by Gasteiger charge is 2.15. The van der Waals surface area contributed by atoms with Gasteiger partial charge < -0.3 is 14.4 Å². The van der Waals surface area contributed by atoms with Gasteiger partial charge in [0.15, 0.2) is 11.4 Å². The summed E-state index contributed by atoms with van der Waals surface area (Å²) in [5, 5.41) is 34.6. The van der Waals surface area contributed by atoms with Crippen LogP contribution in [0.15, 0.2) is 48.5 Å². The third kappa shape index (κ3) is 9.69. The van der Waals surface area contributed by atoms with Gasteiger partial charge in [0, 0.05) is 38.2 Å². The van der Waals surface area contributed by atoms with E-state index >= 15 is 0 Å². The molecular formula is C37H41N11O5S. The van der Waals surface area contributed by atoms with Crippen LogP contribution >= 0.6 is 0 Å². The van der Waals surface area contributed by atoms with Gasteiger partial charge in [-0.1, -0.05) is 10.4 Å². The van der Waals surface area contributed by atoms with Crippen molar-refractivity contribution in [3.8, 4) is 46.2 Å². The van der Waals surface area contributed by atoms with Crippen LogP contribution in [0.25, 0.3) is 44.6 Å². The fourth-order valence-corrected chi connectivity index (χ4v) is 5.89. The van der Waals surface area contributed by atoms with Crippen molar-refractivity contribution in [1.29, 1.82) is 10.5 Å². The van der Waals surface area contributed by atoms with E-state index in [2.05, 4.69) is 65.9 Å². The molecule has 0 saturated heterocycles. The molecule has 0 aliphatic carbocycles. The molecule has 4 aromatic heterocycles. The van der Waals surface area contributed by atoms with Gasteiger partial charge in [0.05, 0.1) is 48.5 Å². The number of aromatic nitrogens is 8. The summed E-state index contributed by atoms with van der Waals surface area (Å²) < 4.78 is 41.3. The van der Waals surface area contributed by atoms with Crippen LogP contribution < -0.4 is 9.47 Å². The maximum Gasteiger partial charge on any atom is 0.264 e. The first-order valence-electron chi connectivity index (χ1n) is 17.0. The molecule has 0 amide bonds. The molecule has 0 radical (unpaired) electrons. The third-order valence-electron chi connectivity index (χ3n) is 8.20. The summed E-state index contributed by atoms with van der Waals surface area (Å²) in [7, 11) is 4.24. The molecule has 0 bridgehead atoms. The Morgan fingerprint density at radius 2 is 1.19 bits per heavy atom. The second-order valence-corrected chi connectivity index (χ2v) is 14.4. The number of fused-ring (bicyclic) bond motifs is 2. The molecule has 54 heavy (non-hydrogen) atoms. The van der Waals surface area contributed by atoms with Crippen LogP contribution in [0.2, 0.25) is 0 Å². The van der Waals surface area contributed by atoms with E-state index in [1.165, 1.54) is 0 Å². The fraction of sp³-hybridized carbons (Fsp3) is 0.351. The largest absolute Gasteiger partial charge is 0.493 e. The molecule has 0 atom stereocenters. The fourth-order valence-electron chi connectivity index (χ4n) is 5.47. The molecule has 0 fully saturated rings. The first-order chi connectivity index (χ1) is 25.8. The van der Waals surface area contributed by atoms with Gasteiger partial charge in [0.2, 0.25) is 0 Å². The molecule has 0 unspecified atom stereocenters. The van der Waals surface area contributed by atoms with E-state index in [-0.39, 0.29) is 18.0 Å². The highest BCUT2D eigenvalue weighted by molar-refractivity contribution is 7.85. The van der Waals surface area contributed by atoms with Crippen LogP contribution in [-0.4, -0.2) is 100.0 Å². The number of hydrogen-bond donors (Lipinski definition) is 0. The van der Waals surface area contributed by atoms with Crippen LogP contribution in [0.3, 0.4) is 0 Å². The number of nitriles is 2. The van der Waals surface area contributed by atoms with E-state index in [1.54, 1.807) is 23.5 Å². The Bertz CT molecular complexity index is 2480. The summed E-state index contributed by atoms with van der Waals surface area (Å²) in [6, 6.07) is 19.5. The SMILES string of the molecule is Cc1cc(-c2cc3c(nnn3C)c(C#N)n2)ccc1OCCCN(C)C.Cc1cc(-c2cc3c(nnn3C)c(C#N)n2)ccc1OCCCOS(C)(=O)=O. The van der Waals surface area contributed by atoms with Gasteiger partial charge >= 0.3 is 0 Å². The van der Waals surface area contributed by atoms with Crippen molar-refractivity contribution in [3.05, 3.63) is 71.0 Å². The number of aryl methyl sites for hydroxylation is 4. The number of rotatable bonds is 13. The number of ether oxygens (including phenoxy) is 2. The zero-order valence-corrected chi connectivity index (χ0v) is 32.0. The van der Waals surface area contributed by atoms with Crippen LogP contribution in [0, 0.1) is 36.5 Å². The van der Waals surface area contributed by atoms with Gasteiger partial charge in [-0.3, -0.25) is 4.18 Å². The molecule has 280 valence electrons. The van der Waals surface area contributed by atoms with Gasteiger partial charge in [-0.05, 0) is 94.0 Å². The van der Waals surface area contributed by atoms with E-state index in [4.69, 9.17) is 9.47 Å². The molecule has 0 spiro atoms. The normalized spacial score (nSPS) is 11.3. The van der Waals surface area contributed by atoms with Gasteiger partial charge in [-0.15, -0.1) is 10.2 Å². The van der Waals surface area contributed by atoms with Crippen molar-refractivity contribution in [2.75, 3.05) is 46.7 Å². The van der Waals surface area contributed by atoms with E-state index in [0.29, 0.717) is 42.1 Å². The lowest BCUT2D eigenvalue weighted by atomic mass is 10.1. The minimum Gasteiger partial charge on any atom is -0.493 e. The lowest BCUT2D eigenvalue weighted by Crippen LogP contribution is -2.15. The predicted molar refractivity (Wildman–Crippen MR) is 202 cm³/mol. The lowest BCUT2D eigenvalue weighted by Gasteiger charge is -2.13. The van der Waals surface area contributed by atoms with E-state index in [0.717, 1.165) is 64.0 Å². The second kappa shape index (κ2) is 17.2. The molecule has 0 aliphatic rings. The van der Waals surface area contributed by atoms with Gasteiger partial charge in [0.25, 0.3) is 10.1 Å². The molecular weight excluding hydrogens is 711 g/mol. The van der Waals surface area contributed by atoms with E-state index in [9.17, 15) is 18.9 Å². The molecule has 0 saturated carbocycles. The Balaban J connectivity index is 0.000000208. The molecule has 0 N–H and O–H groups in total. The average Bonchev–Trinajstić information content (AvgIpc) is 3.71. The Morgan fingerprint density at radius 1 is 0.722 bits per heavy atom. The van der Waals surface area contributed by atoms with Crippen LogP contribution in [0.1, 0.15) is 35.4 Å². The van der Waals surface area contributed by atoms with Gasteiger partial charge in [-0.2, -0.15) is 18.9 Å². The standard InChI is InChI=1S/C19H22N6O.C18H19N5O4S/c1-13-10-14(6-7-18(13)26-9-5-8-24(2)3)15-11-17-19(16(12-20)21-15)22-23-25(17)4;1-12-9-13(5-6-17(12)26-7-4-8-27-28(3,24)25)14-10-16-18(15(11-19)20-14)21-22-23(16)2/h6-7,10-11H,5,8-9H2,1-4H3;5-6,9-10H,4,7-8H2,1-3H3. The quantitative estimate of drug-likeness (QED) is 0.118. The van der Waals surface area contributed by atoms with Crippen molar-refractivity contribution in [3.63, 3.8) is 0 Å². The van der Waals surface area contributed by atoms with Gasteiger partial charge in [0.1, 0.15) is 34.7 Å². The first-order valence-corrected chi connectivity index (χ1v) is 18.8. The zero-order chi connectivity index (χ0) is 39.0. The summed E-state index contributed by atoms with van der Waals surface area (Å²) in [6.07, 6.45) is 2.44. The molecule has 0 aliphatic heterocycles. The Kier molecular flexibility index (Phi) is 12.5. The Hall–Kier alpha value is -6.01. The zero-order valence-electron chi connectivity index (χ0n) is 31.2. The Morgan fingerprint density at radius 3 is 1.59 bits per heavy atom. The molecule has 6 aromatic rings. The summed E-state index contributed by atoms with van der Waals surface area (Å²) in [5.74, 6) is 1.56. The van der Waals surface area contributed by atoms with Crippen LogP contribution in [0.5, 0.6) is 11.5 Å². The van der Waals surface area contributed by atoms with Crippen molar-refractivity contribution in [2.24, 2.45) is 14.1 Å². The maximum atomic E-state index is 10.9. The third-order valence-corrected chi connectivity index (χ3v) is 8.80. The summed E-state index contributed by atoms with van der Waals surface area (Å²) in [4.78, 5) is 11.0.